The second kappa shape index (κ2) is 10.4. The molecule has 2 aromatic carbocycles. The number of primary amides is 1. The van der Waals surface area contributed by atoms with Gasteiger partial charge in [0.25, 0.3) is 11.7 Å². The highest BCUT2D eigenvalue weighted by atomic mass is 32.2. The van der Waals surface area contributed by atoms with Crippen LogP contribution in [0.25, 0.3) is 0 Å². The van der Waals surface area contributed by atoms with Crippen LogP contribution in [-0.4, -0.2) is 48.1 Å². The Labute approximate surface area is 178 Å². The van der Waals surface area contributed by atoms with Crippen molar-refractivity contribution in [2.24, 2.45) is 5.73 Å². The Bertz CT molecular complexity index is 872. The molecule has 30 heavy (non-hydrogen) atoms. The number of rotatable bonds is 8. The van der Waals surface area contributed by atoms with Gasteiger partial charge in [0.1, 0.15) is 0 Å². The lowest BCUT2D eigenvalue weighted by Crippen LogP contribution is -2.46. The van der Waals surface area contributed by atoms with Crippen LogP contribution in [0.2, 0.25) is 0 Å². The molecule has 6 nitrogen and oxygen atoms in total. The summed E-state index contributed by atoms with van der Waals surface area (Å²) in [6.07, 6.45) is 1.50. The van der Waals surface area contributed by atoms with E-state index in [1.165, 1.54) is 0 Å². The quantitative estimate of drug-likeness (QED) is 0.554. The van der Waals surface area contributed by atoms with Crippen molar-refractivity contribution in [1.82, 2.24) is 10.2 Å². The number of carbonyl (C=O) groups excluding carboxylic acids is 2. The average Bonchev–Trinajstić information content (AvgIpc) is 2.70. The SMILES string of the molecule is NC(=O)CN1CCC(NC(=O)c2ccccc2Nc2ccc(SC(F)F)cc2)CC1. The van der Waals surface area contributed by atoms with Gasteiger partial charge in [-0.15, -0.1) is 0 Å². The number of carbonyl (C=O) groups is 2. The predicted molar refractivity (Wildman–Crippen MR) is 114 cm³/mol. The summed E-state index contributed by atoms with van der Waals surface area (Å²) in [4.78, 5) is 26.3. The lowest BCUT2D eigenvalue weighted by atomic mass is 10.0. The maximum Gasteiger partial charge on any atom is 0.288 e. The Balaban J connectivity index is 1.61. The summed E-state index contributed by atoms with van der Waals surface area (Å²) in [5.74, 6) is -2.99. The fourth-order valence-electron chi connectivity index (χ4n) is 3.38. The summed E-state index contributed by atoms with van der Waals surface area (Å²) in [6.45, 7) is 1.65. The van der Waals surface area contributed by atoms with Crippen LogP contribution in [0.1, 0.15) is 23.2 Å². The van der Waals surface area contributed by atoms with Crippen LogP contribution in [0.4, 0.5) is 20.2 Å². The van der Waals surface area contributed by atoms with E-state index < -0.39 is 5.76 Å². The zero-order chi connectivity index (χ0) is 21.5. The first-order chi connectivity index (χ1) is 14.4. The summed E-state index contributed by atoms with van der Waals surface area (Å²) >= 11 is 0.490. The maximum atomic E-state index is 12.8. The van der Waals surface area contributed by atoms with Gasteiger partial charge in [-0.2, -0.15) is 8.78 Å². The van der Waals surface area contributed by atoms with Gasteiger partial charge < -0.3 is 16.4 Å². The number of nitrogens with two attached hydrogens (primary N) is 1. The molecule has 1 saturated heterocycles. The first kappa shape index (κ1) is 22.0. The molecular weight excluding hydrogens is 410 g/mol. The lowest BCUT2D eigenvalue weighted by Gasteiger charge is -2.31. The molecule has 9 heteroatoms. The van der Waals surface area contributed by atoms with Crippen molar-refractivity contribution in [3.63, 3.8) is 0 Å². The molecule has 0 aliphatic carbocycles. The van der Waals surface area contributed by atoms with E-state index in [2.05, 4.69) is 10.6 Å². The topological polar surface area (TPSA) is 87.5 Å². The number of thioether (sulfide) groups is 1. The van der Waals surface area contributed by atoms with E-state index in [1.54, 1.807) is 42.5 Å². The van der Waals surface area contributed by atoms with Crippen LogP contribution in [0.3, 0.4) is 0 Å². The fraction of sp³-hybridized carbons (Fsp3) is 0.333. The summed E-state index contributed by atoms with van der Waals surface area (Å²) in [6, 6.07) is 13.8. The molecule has 160 valence electrons. The van der Waals surface area contributed by atoms with Crippen LogP contribution in [0.15, 0.2) is 53.4 Å². The molecule has 0 radical (unpaired) electrons. The Morgan fingerprint density at radius 3 is 2.40 bits per heavy atom. The monoisotopic (exact) mass is 434 g/mol. The van der Waals surface area contributed by atoms with Crippen molar-refractivity contribution < 1.29 is 18.4 Å². The van der Waals surface area contributed by atoms with Crippen molar-refractivity contribution in [2.45, 2.75) is 29.5 Å². The number of anilines is 2. The van der Waals surface area contributed by atoms with Gasteiger partial charge in [0, 0.05) is 29.7 Å². The molecule has 1 aliphatic rings. The summed E-state index contributed by atoms with van der Waals surface area (Å²) in [7, 11) is 0. The molecule has 3 rings (SSSR count). The molecule has 0 atom stereocenters. The van der Waals surface area contributed by atoms with E-state index in [0.29, 0.717) is 46.7 Å². The molecule has 4 N–H and O–H groups in total. The number of alkyl halides is 2. The largest absolute Gasteiger partial charge is 0.369 e. The number of hydrogen-bond acceptors (Lipinski definition) is 5. The van der Waals surface area contributed by atoms with Crippen LogP contribution in [0, 0.1) is 0 Å². The highest BCUT2D eigenvalue weighted by molar-refractivity contribution is 7.99. The van der Waals surface area contributed by atoms with Crippen LogP contribution in [0.5, 0.6) is 0 Å². The molecule has 2 amide bonds. The zero-order valence-electron chi connectivity index (χ0n) is 16.3. The molecule has 0 saturated carbocycles. The van der Waals surface area contributed by atoms with Crippen molar-refractivity contribution in [1.29, 1.82) is 0 Å². The third-order valence-corrected chi connectivity index (χ3v) is 5.55. The minimum atomic E-state index is -2.46. The van der Waals surface area contributed by atoms with Gasteiger partial charge in [0.2, 0.25) is 5.91 Å². The molecule has 1 fully saturated rings. The summed E-state index contributed by atoms with van der Waals surface area (Å²) in [5, 5.41) is 6.24. The number of hydrogen-bond donors (Lipinski definition) is 3. The number of nitrogens with zero attached hydrogens (tertiary/aromatic N) is 1. The molecule has 0 bridgehead atoms. The number of halogens is 2. The molecule has 2 aromatic rings. The number of likely N-dealkylation sites (tertiary alicyclic amines) is 1. The Kier molecular flexibility index (Phi) is 7.64. The van der Waals surface area contributed by atoms with Crippen LogP contribution in [-0.2, 0) is 4.79 Å². The second-order valence-corrected chi connectivity index (χ2v) is 8.13. The standard InChI is InChI=1S/C21H24F2N4O2S/c22-21(23)30-16-7-5-14(6-8-16)25-18-4-2-1-3-17(18)20(29)26-15-9-11-27(12-10-15)13-19(24)28/h1-8,15,21,25H,9-13H2,(H2,24,28)(H,26,29). The number of amides is 2. The minimum Gasteiger partial charge on any atom is -0.369 e. The Hall–Kier alpha value is -2.65. The van der Waals surface area contributed by atoms with Crippen molar-refractivity contribution in [2.75, 3.05) is 25.0 Å². The van der Waals surface area contributed by atoms with E-state index in [1.807, 2.05) is 11.0 Å². The van der Waals surface area contributed by atoms with E-state index in [-0.39, 0.29) is 24.4 Å². The Morgan fingerprint density at radius 2 is 1.77 bits per heavy atom. The molecule has 1 aliphatic heterocycles. The highest BCUT2D eigenvalue weighted by Crippen LogP contribution is 2.28. The number of benzene rings is 2. The van der Waals surface area contributed by atoms with Crippen molar-refractivity contribution >= 4 is 35.0 Å². The van der Waals surface area contributed by atoms with Gasteiger partial charge >= 0.3 is 0 Å². The molecular formula is C21H24F2N4O2S. The zero-order valence-corrected chi connectivity index (χ0v) is 17.1. The van der Waals surface area contributed by atoms with Crippen LogP contribution < -0.4 is 16.4 Å². The second-order valence-electron chi connectivity index (χ2n) is 7.06. The number of piperidine rings is 1. The first-order valence-electron chi connectivity index (χ1n) is 9.63. The smallest absolute Gasteiger partial charge is 0.288 e. The predicted octanol–water partition coefficient (Wildman–Crippen LogP) is 3.42. The van der Waals surface area contributed by atoms with Gasteiger partial charge in [-0.05, 0) is 49.2 Å². The Morgan fingerprint density at radius 1 is 1.10 bits per heavy atom. The number of para-hydroxylation sites is 1. The van der Waals surface area contributed by atoms with E-state index in [0.717, 1.165) is 12.8 Å². The third kappa shape index (κ3) is 6.43. The summed E-state index contributed by atoms with van der Waals surface area (Å²) in [5.41, 5.74) is 7.07. The molecule has 0 spiro atoms. The van der Waals surface area contributed by atoms with Gasteiger partial charge in [-0.3, -0.25) is 14.5 Å². The van der Waals surface area contributed by atoms with Gasteiger partial charge in [0.05, 0.1) is 17.8 Å². The minimum absolute atomic E-state index is 0.0281. The summed E-state index contributed by atoms with van der Waals surface area (Å²) < 4.78 is 24.9. The lowest BCUT2D eigenvalue weighted by molar-refractivity contribution is -0.119. The molecule has 1 heterocycles. The van der Waals surface area contributed by atoms with Crippen LogP contribution >= 0.6 is 11.8 Å². The molecule has 0 aromatic heterocycles. The van der Waals surface area contributed by atoms with Crippen molar-refractivity contribution in [3.05, 3.63) is 54.1 Å². The van der Waals surface area contributed by atoms with Gasteiger partial charge in [-0.1, -0.05) is 23.9 Å². The highest BCUT2D eigenvalue weighted by Gasteiger charge is 2.22. The maximum absolute atomic E-state index is 12.8. The fourth-order valence-corrected chi connectivity index (χ4v) is 3.88. The van der Waals surface area contributed by atoms with E-state index >= 15 is 0 Å². The van der Waals surface area contributed by atoms with E-state index in [4.69, 9.17) is 5.73 Å². The van der Waals surface area contributed by atoms with E-state index in [9.17, 15) is 18.4 Å². The third-order valence-electron chi connectivity index (χ3n) is 4.83. The van der Waals surface area contributed by atoms with Gasteiger partial charge in [-0.25, -0.2) is 0 Å². The average molecular weight is 435 g/mol. The first-order valence-corrected chi connectivity index (χ1v) is 10.5. The molecule has 0 unspecified atom stereocenters. The van der Waals surface area contributed by atoms with Gasteiger partial charge in [0.15, 0.2) is 0 Å². The normalized spacial score (nSPS) is 15.2. The van der Waals surface area contributed by atoms with Crippen molar-refractivity contribution in [3.8, 4) is 0 Å². The number of nitrogens with one attached hydrogen (secondary N) is 2.